The molecule has 3 rings (SSSR count). The van der Waals surface area contributed by atoms with Crippen LogP contribution in [0, 0.1) is 3.57 Å². The van der Waals surface area contributed by atoms with Crippen molar-refractivity contribution in [3.63, 3.8) is 0 Å². The lowest BCUT2D eigenvalue weighted by Crippen LogP contribution is -2.04. The first-order valence-electron chi connectivity index (χ1n) is 7.76. The fourth-order valence-electron chi connectivity index (χ4n) is 2.59. The van der Waals surface area contributed by atoms with Crippen molar-refractivity contribution in [3.05, 3.63) is 62.9 Å². The van der Waals surface area contributed by atoms with Gasteiger partial charge in [-0.25, -0.2) is 0 Å². The van der Waals surface area contributed by atoms with Crippen molar-refractivity contribution < 1.29 is 24.2 Å². The molecule has 6 heteroatoms. The predicted molar refractivity (Wildman–Crippen MR) is 102 cm³/mol. The van der Waals surface area contributed by atoms with Gasteiger partial charge in [-0.3, -0.25) is 4.79 Å². The van der Waals surface area contributed by atoms with Gasteiger partial charge in [0.15, 0.2) is 0 Å². The van der Waals surface area contributed by atoms with E-state index in [9.17, 15) is 9.90 Å². The largest absolute Gasteiger partial charge is 0.489 e. The summed E-state index contributed by atoms with van der Waals surface area (Å²) in [6.07, 6.45) is -0.738. The number of carboxylic acids is 1. The van der Waals surface area contributed by atoms with Gasteiger partial charge in [0.25, 0.3) is 0 Å². The van der Waals surface area contributed by atoms with Crippen LogP contribution in [0.3, 0.4) is 0 Å². The van der Waals surface area contributed by atoms with Crippen molar-refractivity contribution in [3.8, 4) is 5.75 Å². The van der Waals surface area contributed by atoms with Crippen molar-refractivity contribution in [1.29, 1.82) is 0 Å². The lowest BCUT2D eigenvalue weighted by atomic mass is 10.1. The van der Waals surface area contributed by atoms with Gasteiger partial charge in [-0.2, -0.15) is 0 Å². The summed E-state index contributed by atoms with van der Waals surface area (Å²) in [5.74, 6) is 0.200. The second kappa shape index (κ2) is 7.45. The molecule has 2 N–H and O–H groups in total. The van der Waals surface area contributed by atoms with Crippen molar-refractivity contribution >= 4 is 39.5 Å². The summed E-state index contributed by atoms with van der Waals surface area (Å²) in [7, 11) is 0. The smallest absolute Gasteiger partial charge is 0.307 e. The molecule has 130 valence electrons. The summed E-state index contributed by atoms with van der Waals surface area (Å²) in [5, 5.41) is 19.6. The number of hydrogen-bond donors (Lipinski definition) is 2. The summed E-state index contributed by atoms with van der Waals surface area (Å²) in [4.78, 5) is 11.0. The molecule has 5 nitrogen and oxygen atoms in total. The molecule has 0 spiro atoms. The maximum atomic E-state index is 11.0. The molecule has 0 aliphatic rings. The van der Waals surface area contributed by atoms with Gasteiger partial charge in [-0.1, -0.05) is 18.2 Å². The molecule has 0 aliphatic heterocycles. The standard InChI is InChI=1S/C19H17IO5/c1-11(21)17-8-14-6-12(7-15(20)19(14)25-17)10-24-16-5-3-2-4-13(16)9-18(22)23/h2-8,11,21H,9-10H2,1H3,(H,22,23). The van der Waals surface area contributed by atoms with Crippen LogP contribution in [-0.4, -0.2) is 16.2 Å². The highest BCUT2D eigenvalue weighted by atomic mass is 127. The number of rotatable bonds is 6. The maximum absolute atomic E-state index is 11.0. The minimum absolute atomic E-state index is 0.0772. The number of carbonyl (C=O) groups is 1. The van der Waals surface area contributed by atoms with Gasteiger partial charge < -0.3 is 19.4 Å². The average molecular weight is 452 g/mol. The number of furan rings is 1. The van der Waals surface area contributed by atoms with Crippen LogP contribution in [0.1, 0.15) is 29.9 Å². The highest BCUT2D eigenvalue weighted by molar-refractivity contribution is 14.1. The van der Waals surface area contributed by atoms with E-state index in [-0.39, 0.29) is 6.42 Å². The molecular formula is C19H17IO5. The number of para-hydroxylation sites is 1. The van der Waals surface area contributed by atoms with Crippen LogP contribution in [-0.2, 0) is 17.8 Å². The second-order valence-corrected chi connectivity index (χ2v) is 6.95. The minimum atomic E-state index is -0.893. The van der Waals surface area contributed by atoms with Crippen LogP contribution in [0.25, 0.3) is 11.0 Å². The molecule has 0 amide bonds. The van der Waals surface area contributed by atoms with E-state index < -0.39 is 12.1 Å². The van der Waals surface area contributed by atoms with Crippen molar-refractivity contribution in [2.45, 2.75) is 26.1 Å². The van der Waals surface area contributed by atoms with E-state index in [0.29, 0.717) is 23.7 Å². The van der Waals surface area contributed by atoms with Gasteiger partial charge in [0.1, 0.15) is 29.8 Å². The summed E-state index contributed by atoms with van der Waals surface area (Å²) in [5.41, 5.74) is 2.33. The van der Waals surface area contributed by atoms with Crippen molar-refractivity contribution in [1.82, 2.24) is 0 Å². The third kappa shape index (κ3) is 4.13. The monoisotopic (exact) mass is 452 g/mol. The molecular weight excluding hydrogens is 435 g/mol. The number of fused-ring (bicyclic) bond motifs is 1. The Balaban J connectivity index is 1.83. The molecule has 0 aliphatic carbocycles. The van der Waals surface area contributed by atoms with Crippen molar-refractivity contribution in [2.75, 3.05) is 0 Å². The Labute approximate surface area is 158 Å². The van der Waals surface area contributed by atoms with Crippen LogP contribution in [0.2, 0.25) is 0 Å². The van der Waals surface area contributed by atoms with Gasteiger partial charge in [-0.15, -0.1) is 0 Å². The number of hydrogen-bond acceptors (Lipinski definition) is 4. The SMILES string of the molecule is CC(O)c1cc2cc(COc3ccccc3CC(=O)O)cc(I)c2o1. The van der Waals surface area contributed by atoms with E-state index in [0.717, 1.165) is 20.1 Å². The number of aliphatic hydroxyl groups is 1. The third-order valence-electron chi connectivity index (χ3n) is 3.77. The molecule has 1 heterocycles. The van der Waals surface area contributed by atoms with Gasteiger partial charge in [-0.05, 0) is 59.3 Å². The predicted octanol–water partition coefficient (Wildman–Crippen LogP) is 4.30. The van der Waals surface area contributed by atoms with E-state index in [1.54, 1.807) is 25.1 Å². The first-order valence-corrected chi connectivity index (χ1v) is 8.84. The van der Waals surface area contributed by atoms with E-state index in [1.165, 1.54) is 0 Å². The fraction of sp³-hybridized carbons (Fsp3) is 0.211. The molecule has 3 aromatic rings. The number of carboxylic acid groups (broad SMARTS) is 1. The molecule has 1 atom stereocenters. The second-order valence-electron chi connectivity index (χ2n) is 5.79. The number of benzene rings is 2. The quantitative estimate of drug-likeness (QED) is 0.546. The number of aliphatic carboxylic acids is 1. The zero-order chi connectivity index (χ0) is 18.0. The van der Waals surface area contributed by atoms with Gasteiger partial charge >= 0.3 is 5.97 Å². The normalized spacial score (nSPS) is 12.3. The fourth-order valence-corrected chi connectivity index (χ4v) is 3.41. The number of aliphatic hydroxyl groups excluding tert-OH is 1. The van der Waals surface area contributed by atoms with E-state index in [4.69, 9.17) is 14.3 Å². The molecule has 0 bridgehead atoms. The van der Waals surface area contributed by atoms with Gasteiger partial charge in [0.05, 0.1) is 9.99 Å². The van der Waals surface area contributed by atoms with Crippen LogP contribution in [0.4, 0.5) is 0 Å². The first kappa shape index (κ1) is 17.8. The minimum Gasteiger partial charge on any atom is -0.489 e. The van der Waals surface area contributed by atoms with Gasteiger partial charge in [0.2, 0.25) is 0 Å². The molecule has 2 aromatic carbocycles. The Kier molecular flexibility index (Phi) is 5.29. The maximum Gasteiger partial charge on any atom is 0.307 e. The Hall–Kier alpha value is -2.06. The number of halogens is 1. The molecule has 0 saturated carbocycles. The molecule has 0 radical (unpaired) electrons. The van der Waals surface area contributed by atoms with Crippen molar-refractivity contribution in [2.24, 2.45) is 0 Å². The van der Waals surface area contributed by atoms with Crippen LogP contribution in [0.5, 0.6) is 5.75 Å². The first-order chi connectivity index (χ1) is 11.9. The summed E-state index contributed by atoms with van der Waals surface area (Å²) in [6.45, 7) is 1.98. The van der Waals surface area contributed by atoms with Crippen LogP contribution in [0.15, 0.2) is 46.9 Å². The highest BCUT2D eigenvalue weighted by Crippen LogP contribution is 2.29. The van der Waals surface area contributed by atoms with E-state index >= 15 is 0 Å². The third-order valence-corrected chi connectivity index (χ3v) is 4.57. The Morgan fingerprint density at radius 2 is 2.04 bits per heavy atom. The van der Waals surface area contributed by atoms with E-state index in [1.807, 2.05) is 24.3 Å². The molecule has 25 heavy (non-hydrogen) atoms. The van der Waals surface area contributed by atoms with Crippen LogP contribution < -0.4 is 4.74 Å². The zero-order valence-corrected chi connectivity index (χ0v) is 15.7. The average Bonchev–Trinajstić information content (AvgIpc) is 2.98. The molecule has 0 saturated heterocycles. The topological polar surface area (TPSA) is 79.9 Å². The summed E-state index contributed by atoms with van der Waals surface area (Å²) >= 11 is 2.19. The van der Waals surface area contributed by atoms with Gasteiger partial charge in [0, 0.05) is 10.9 Å². The Morgan fingerprint density at radius 1 is 1.28 bits per heavy atom. The summed E-state index contributed by atoms with van der Waals surface area (Å²) in [6, 6.07) is 12.9. The molecule has 1 unspecified atom stereocenters. The lowest BCUT2D eigenvalue weighted by molar-refractivity contribution is -0.136. The summed E-state index contributed by atoms with van der Waals surface area (Å²) < 4.78 is 12.4. The van der Waals surface area contributed by atoms with Crippen LogP contribution >= 0.6 is 22.6 Å². The Bertz CT molecular complexity index is 913. The lowest BCUT2D eigenvalue weighted by Gasteiger charge is -2.10. The zero-order valence-electron chi connectivity index (χ0n) is 13.5. The Morgan fingerprint density at radius 3 is 2.76 bits per heavy atom. The van der Waals surface area contributed by atoms with E-state index in [2.05, 4.69) is 22.6 Å². The number of ether oxygens (including phenoxy) is 1. The molecule has 1 aromatic heterocycles. The molecule has 0 fully saturated rings. The highest BCUT2D eigenvalue weighted by Gasteiger charge is 2.13.